The fourth-order valence-electron chi connectivity index (χ4n) is 1.14. The van der Waals surface area contributed by atoms with Crippen LogP contribution in [0.2, 0.25) is 0 Å². The number of anilines is 1. The highest BCUT2D eigenvalue weighted by Crippen LogP contribution is 2.34. The van der Waals surface area contributed by atoms with Gasteiger partial charge in [-0.15, -0.1) is 0 Å². The van der Waals surface area contributed by atoms with Crippen molar-refractivity contribution in [3.05, 3.63) is 18.1 Å². The average molecular weight is 192 g/mol. The van der Waals surface area contributed by atoms with Gasteiger partial charge in [-0.3, -0.25) is 9.78 Å². The van der Waals surface area contributed by atoms with Crippen molar-refractivity contribution in [2.45, 2.75) is 25.3 Å². The SMILES string of the molecule is CC1(NC(=O)c2cncc(N)n2)CC1. The fraction of sp³-hybridized carbons (Fsp3) is 0.444. The number of carbonyl (C=O) groups is 1. The Morgan fingerprint density at radius 2 is 2.29 bits per heavy atom. The number of aromatic nitrogens is 2. The van der Waals surface area contributed by atoms with Gasteiger partial charge in [0.1, 0.15) is 11.5 Å². The van der Waals surface area contributed by atoms with Crippen LogP contribution in [0.1, 0.15) is 30.3 Å². The predicted octanol–water partition coefficient (Wildman–Crippen LogP) is 0.341. The molecule has 1 saturated carbocycles. The van der Waals surface area contributed by atoms with Crippen molar-refractivity contribution < 1.29 is 4.79 Å². The molecule has 0 bridgehead atoms. The Kier molecular flexibility index (Phi) is 1.87. The van der Waals surface area contributed by atoms with Crippen molar-refractivity contribution in [2.75, 3.05) is 5.73 Å². The Labute approximate surface area is 81.7 Å². The van der Waals surface area contributed by atoms with Gasteiger partial charge in [-0.05, 0) is 19.8 Å². The van der Waals surface area contributed by atoms with Crippen LogP contribution in [0.15, 0.2) is 12.4 Å². The lowest BCUT2D eigenvalue weighted by molar-refractivity contribution is 0.0930. The zero-order chi connectivity index (χ0) is 10.2. The van der Waals surface area contributed by atoms with Crippen LogP contribution in [0.4, 0.5) is 5.82 Å². The minimum Gasteiger partial charge on any atom is -0.382 e. The Bertz CT molecular complexity index is 373. The molecular weight excluding hydrogens is 180 g/mol. The van der Waals surface area contributed by atoms with Crippen LogP contribution < -0.4 is 11.1 Å². The van der Waals surface area contributed by atoms with Gasteiger partial charge < -0.3 is 11.1 Å². The third-order valence-electron chi connectivity index (χ3n) is 2.30. The summed E-state index contributed by atoms with van der Waals surface area (Å²) in [7, 11) is 0. The third-order valence-corrected chi connectivity index (χ3v) is 2.30. The first kappa shape index (κ1) is 8.93. The van der Waals surface area contributed by atoms with Crippen LogP contribution >= 0.6 is 0 Å². The minimum absolute atomic E-state index is 0.0383. The maximum atomic E-state index is 11.6. The molecule has 0 spiro atoms. The molecule has 0 aliphatic heterocycles. The molecule has 3 N–H and O–H groups in total. The number of hydrogen-bond donors (Lipinski definition) is 2. The second-order valence-corrected chi connectivity index (χ2v) is 3.84. The standard InChI is InChI=1S/C9H12N4O/c1-9(2-3-9)13-8(14)6-4-11-5-7(10)12-6/h4-5H,2-3H2,1H3,(H2,10,12)(H,13,14). The van der Waals surface area contributed by atoms with Crippen LogP contribution in [-0.4, -0.2) is 21.4 Å². The average Bonchev–Trinajstić information content (AvgIpc) is 2.83. The van der Waals surface area contributed by atoms with Crippen molar-refractivity contribution >= 4 is 11.7 Å². The molecule has 5 nitrogen and oxygen atoms in total. The van der Waals surface area contributed by atoms with E-state index in [4.69, 9.17) is 5.73 Å². The number of nitrogens with zero attached hydrogens (tertiary/aromatic N) is 2. The molecule has 1 heterocycles. The molecule has 0 aromatic carbocycles. The van der Waals surface area contributed by atoms with E-state index in [0.717, 1.165) is 12.8 Å². The second-order valence-electron chi connectivity index (χ2n) is 3.84. The van der Waals surface area contributed by atoms with Gasteiger partial charge in [-0.1, -0.05) is 0 Å². The van der Waals surface area contributed by atoms with Crippen LogP contribution in [0.5, 0.6) is 0 Å². The first-order chi connectivity index (χ1) is 6.59. The highest BCUT2D eigenvalue weighted by molar-refractivity contribution is 5.93. The molecule has 14 heavy (non-hydrogen) atoms. The van der Waals surface area contributed by atoms with Gasteiger partial charge >= 0.3 is 0 Å². The van der Waals surface area contributed by atoms with Crippen LogP contribution in [0, 0.1) is 0 Å². The Morgan fingerprint density at radius 3 is 2.86 bits per heavy atom. The molecule has 1 aromatic heterocycles. The highest BCUT2D eigenvalue weighted by Gasteiger charge is 2.39. The lowest BCUT2D eigenvalue weighted by atomic mass is 10.3. The van der Waals surface area contributed by atoms with Gasteiger partial charge in [-0.25, -0.2) is 4.98 Å². The summed E-state index contributed by atoms with van der Waals surface area (Å²) in [5.74, 6) is 0.0587. The monoisotopic (exact) mass is 192 g/mol. The molecule has 0 atom stereocenters. The quantitative estimate of drug-likeness (QED) is 0.708. The molecule has 0 saturated heterocycles. The summed E-state index contributed by atoms with van der Waals surface area (Å²) in [5.41, 5.74) is 5.66. The van der Waals surface area contributed by atoms with Crippen molar-refractivity contribution in [1.82, 2.24) is 15.3 Å². The summed E-state index contributed by atoms with van der Waals surface area (Å²) < 4.78 is 0. The van der Waals surface area contributed by atoms with Gasteiger partial charge in [0.05, 0.1) is 12.4 Å². The molecule has 0 unspecified atom stereocenters. The second kappa shape index (κ2) is 2.94. The first-order valence-corrected chi connectivity index (χ1v) is 4.49. The van der Waals surface area contributed by atoms with Gasteiger partial charge in [-0.2, -0.15) is 0 Å². The number of rotatable bonds is 2. The lowest BCUT2D eigenvalue weighted by Gasteiger charge is -2.10. The van der Waals surface area contributed by atoms with E-state index in [2.05, 4.69) is 15.3 Å². The summed E-state index contributed by atoms with van der Waals surface area (Å²) >= 11 is 0. The normalized spacial score (nSPS) is 17.5. The van der Waals surface area contributed by atoms with Crippen molar-refractivity contribution in [3.63, 3.8) is 0 Å². The molecule has 74 valence electrons. The first-order valence-electron chi connectivity index (χ1n) is 4.49. The summed E-state index contributed by atoms with van der Waals surface area (Å²) in [6.45, 7) is 2.00. The van der Waals surface area contributed by atoms with Crippen LogP contribution in [-0.2, 0) is 0 Å². The zero-order valence-corrected chi connectivity index (χ0v) is 7.95. The summed E-state index contributed by atoms with van der Waals surface area (Å²) in [6, 6.07) is 0. The van der Waals surface area contributed by atoms with Crippen molar-refractivity contribution in [3.8, 4) is 0 Å². The zero-order valence-electron chi connectivity index (χ0n) is 7.95. The Morgan fingerprint density at radius 1 is 1.57 bits per heavy atom. The van der Waals surface area contributed by atoms with E-state index < -0.39 is 0 Å². The number of nitrogen functional groups attached to an aromatic ring is 1. The van der Waals surface area contributed by atoms with E-state index in [1.54, 1.807) is 0 Å². The van der Waals surface area contributed by atoms with Crippen molar-refractivity contribution in [2.24, 2.45) is 0 Å². The van der Waals surface area contributed by atoms with Crippen LogP contribution in [0.3, 0.4) is 0 Å². The summed E-state index contributed by atoms with van der Waals surface area (Å²) in [4.78, 5) is 19.3. The maximum Gasteiger partial charge on any atom is 0.271 e. The maximum absolute atomic E-state index is 11.6. The smallest absolute Gasteiger partial charge is 0.271 e. The van der Waals surface area contributed by atoms with Gasteiger partial charge in [0.2, 0.25) is 0 Å². The van der Waals surface area contributed by atoms with E-state index >= 15 is 0 Å². The molecule has 1 aromatic rings. The molecule has 2 rings (SSSR count). The number of amides is 1. The van der Waals surface area contributed by atoms with Crippen molar-refractivity contribution in [1.29, 1.82) is 0 Å². The summed E-state index contributed by atoms with van der Waals surface area (Å²) in [5, 5.41) is 2.88. The molecular formula is C9H12N4O. The molecule has 1 fully saturated rings. The summed E-state index contributed by atoms with van der Waals surface area (Å²) in [6.07, 6.45) is 4.87. The predicted molar refractivity (Wildman–Crippen MR) is 51.5 cm³/mol. The minimum atomic E-state index is -0.204. The van der Waals surface area contributed by atoms with Gasteiger partial charge in [0.15, 0.2) is 0 Å². The van der Waals surface area contributed by atoms with Gasteiger partial charge in [0.25, 0.3) is 5.91 Å². The third kappa shape index (κ3) is 1.81. The fourth-order valence-corrected chi connectivity index (χ4v) is 1.14. The highest BCUT2D eigenvalue weighted by atomic mass is 16.2. The Hall–Kier alpha value is -1.65. The van der Waals surface area contributed by atoms with E-state index in [1.807, 2.05) is 6.92 Å². The van der Waals surface area contributed by atoms with E-state index in [0.29, 0.717) is 0 Å². The molecule has 1 amide bonds. The van der Waals surface area contributed by atoms with Crippen LogP contribution in [0.25, 0.3) is 0 Å². The van der Waals surface area contributed by atoms with E-state index in [9.17, 15) is 4.79 Å². The van der Waals surface area contributed by atoms with E-state index in [1.165, 1.54) is 12.4 Å². The van der Waals surface area contributed by atoms with Gasteiger partial charge in [0, 0.05) is 5.54 Å². The number of nitrogens with one attached hydrogen (secondary N) is 1. The molecule has 0 radical (unpaired) electrons. The number of carbonyl (C=O) groups excluding carboxylic acids is 1. The lowest BCUT2D eigenvalue weighted by Crippen LogP contribution is -2.34. The van der Waals surface area contributed by atoms with E-state index in [-0.39, 0.29) is 23.0 Å². The Balaban J connectivity index is 2.11. The topological polar surface area (TPSA) is 80.9 Å². The molecule has 5 heteroatoms. The molecule has 1 aliphatic rings. The number of nitrogens with two attached hydrogens (primary N) is 1. The number of hydrogen-bond acceptors (Lipinski definition) is 4. The molecule has 1 aliphatic carbocycles. The largest absolute Gasteiger partial charge is 0.382 e.